The SMILES string of the molecule is COc1c(C(O)Cc2c(C)nn(C)c2Cl)c(C)nn1C. The van der Waals surface area contributed by atoms with Gasteiger partial charge >= 0.3 is 0 Å². The zero-order chi connectivity index (χ0) is 15.0. The molecular weight excluding hydrogens is 280 g/mol. The van der Waals surface area contributed by atoms with E-state index >= 15 is 0 Å². The van der Waals surface area contributed by atoms with E-state index in [0.29, 0.717) is 23.0 Å². The summed E-state index contributed by atoms with van der Waals surface area (Å²) < 4.78 is 8.53. The molecule has 0 aliphatic rings. The number of aromatic nitrogens is 4. The largest absolute Gasteiger partial charge is 0.481 e. The highest BCUT2D eigenvalue weighted by molar-refractivity contribution is 6.30. The molecule has 7 heteroatoms. The van der Waals surface area contributed by atoms with Gasteiger partial charge in [-0.3, -0.25) is 4.68 Å². The van der Waals surface area contributed by atoms with Gasteiger partial charge in [-0.05, 0) is 13.8 Å². The molecule has 0 aliphatic carbocycles. The number of halogens is 1. The molecule has 0 fully saturated rings. The standard InChI is InChI=1S/C13H19ClN4O2/c1-7-9(12(14)17(3)15-7)6-10(19)11-8(2)16-18(4)13(11)20-5/h10,19H,6H2,1-5H3. The van der Waals surface area contributed by atoms with Gasteiger partial charge < -0.3 is 9.84 Å². The van der Waals surface area contributed by atoms with Crippen LogP contribution in [0.2, 0.25) is 5.15 Å². The van der Waals surface area contributed by atoms with Crippen LogP contribution in [0.4, 0.5) is 0 Å². The Morgan fingerprint density at radius 2 is 1.80 bits per heavy atom. The number of rotatable bonds is 4. The predicted molar refractivity (Wildman–Crippen MR) is 76.1 cm³/mol. The first-order valence-electron chi connectivity index (χ1n) is 6.30. The fourth-order valence-corrected chi connectivity index (χ4v) is 2.73. The van der Waals surface area contributed by atoms with Crippen LogP contribution in [-0.4, -0.2) is 31.8 Å². The van der Waals surface area contributed by atoms with Crippen LogP contribution in [0.25, 0.3) is 0 Å². The summed E-state index contributed by atoms with van der Waals surface area (Å²) in [4.78, 5) is 0. The molecule has 0 spiro atoms. The van der Waals surface area contributed by atoms with Crippen LogP contribution in [0.1, 0.15) is 28.6 Å². The molecule has 0 bridgehead atoms. The number of hydrogen-bond donors (Lipinski definition) is 1. The highest BCUT2D eigenvalue weighted by Crippen LogP contribution is 2.32. The molecule has 1 unspecified atom stereocenters. The average Bonchev–Trinajstić information content (AvgIpc) is 2.79. The minimum atomic E-state index is -0.737. The van der Waals surface area contributed by atoms with E-state index in [9.17, 15) is 5.11 Å². The van der Waals surface area contributed by atoms with Crippen LogP contribution in [0.15, 0.2) is 0 Å². The van der Waals surface area contributed by atoms with Crippen molar-refractivity contribution in [2.75, 3.05) is 7.11 Å². The van der Waals surface area contributed by atoms with E-state index in [2.05, 4.69) is 10.2 Å². The number of aliphatic hydroxyl groups excluding tert-OH is 1. The lowest BCUT2D eigenvalue weighted by Crippen LogP contribution is -2.06. The zero-order valence-corrected chi connectivity index (χ0v) is 13.1. The highest BCUT2D eigenvalue weighted by Gasteiger charge is 2.24. The third-order valence-electron chi connectivity index (χ3n) is 3.41. The van der Waals surface area contributed by atoms with E-state index in [1.165, 1.54) is 0 Å². The minimum Gasteiger partial charge on any atom is -0.481 e. The van der Waals surface area contributed by atoms with Crippen LogP contribution >= 0.6 is 11.6 Å². The number of aliphatic hydroxyl groups is 1. The summed E-state index contributed by atoms with van der Waals surface area (Å²) in [5.41, 5.74) is 3.09. The van der Waals surface area contributed by atoms with E-state index in [0.717, 1.165) is 17.0 Å². The van der Waals surface area contributed by atoms with Crippen LogP contribution < -0.4 is 4.74 Å². The molecule has 6 nitrogen and oxygen atoms in total. The molecular formula is C13H19ClN4O2. The summed E-state index contributed by atoms with van der Waals surface area (Å²) in [6.45, 7) is 3.72. The van der Waals surface area contributed by atoms with Crippen LogP contribution in [-0.2, 0) is 20.5 Å². The monoisotopic (exact) mass is 298 g/mol. The second-order valence-electron chi connectivity index (χ2n) is 4.83. The Labute approximate surface area is 122 Å². The van der Waals surface area contributed by atoms with Gasteiger partial charge in [-0.2, -0.15) is 10.2 Å². The Bertz CT molecular complexity index is 633. The molecule has 2 rings (SSSR count). The maximum Gasteiger partial charge on any atom is 0.217 e. The second-order valence-corrected chi connectivity index (χ2v) is 5.19. The number of aryl methyl sites for hydroxylation is 4. The fourth-order valence-electron chi connectivity index (χ4n) is 2.48. The van der Waals surface area contributed by atoms with Crippen LogP contribution in [0.3, 0.4) is 0 Å². The van der Waals surface area contributed by atoms with Gasteiger partial charge in [-0.1, -0.05) is 11.6 Å². The Hall–Kier alpha value is -1.53. The quantitative estimate of drug-likeness (QED) is 0.933. The van der Waals surface area contributed by atoms with Crippen molar-refractivity contribution in [3.63, 3.8) is 0 Å². The number of methoxy groups -OCH3 is 1. The second kappa shape index (κ2) is 5.46. The van der Waals surface area contributed by atoms with Crippen molar-refractivity contribution < 1.29 is 9.84 Å². The number of nitrogens with zero attached hydrogens (tertiary/aromatic N) is 4. The molecule has 0 radical (unpaired) electrons. The van der Waals surface area contributed by atoms with Crippen molar-refractivity contribution in [2.45, 2.75) is 26.4 Å². The molecule has 0 saturated carbocycles. The van der Waals surface area contributed by atoms with Crippen molar-refractivity contribution in [2.24, 2.45) is 14.1 Å². The predicted octanol–water partition coefficient (Wildman–Crippen LogP) is 1.71. The lowest BCUT2D eigenvalue weighted by Gasteiger charge is -2.12. The van der Waals surface area contributed by atoms with Crippen molar-refractivity contribution in [1.82, 2.24) is 19.6 Å². The highest BCUT2D eigenvalue weighted by atomic mass is 35.5. The van der Waals surface area contributed by atoms with Gasteiger partial charge in [0.15, 0.2) is 0 Å². The fraction of sp³-hybridized carbons (Fsp3) is 0.538. The maximum atomic E-state index is 10.5. The molecule has 0 aliphatic heterocycles. The lowest BCUT2D eigenvalue weighted by atomic mass is 10.0. The Balaban J connectivity index is 2.35. The average molecular weight is 299 g/mol. The lowest BCUT2D eigenvalue weighted by molar-refractivity contribution is 0.172. The summed E-state index contributed by atoms with van der Waals surface area (Å²) in [6, 6.07) is 0. The maximum absolute atomic E-state index is 10.5. The van der Waals surface area contributed by atoms with Gasteiger partial charge in [-0.25, -0.2) is 4.68 Å². The first-order chi connectivity index (χ1) is 9.36. The van der Waals surface area contributed by atoms with E-state index < -0.39 is 6.10 Å². The van der Waals surface area contributed by atoms with Gasteiger partial charge in [0.2, 0.25) is 5.88 Å². The smallest absolute Gasteiger partial charge is 0.217 e. The van der Waals surface area contributed by atoms with Gasteiger partial charge in [0.25, 0.3) is 0 Å². The summed E-state index contributed by atoms with van der Waals surface area (Å²) in [5, 5.41) is 19.6. The zero-order valence-electron chi connectivity index (χ0n) is 12.3. The van der Waals surface area contributed by atoms with E-state index in [4.69, 9.17) is 16.3 Å². The third-order valence-corrected chi connectivity index (χ3v) is 3.88. The molecule has 2 aromatic heterocycles. The van der Waals surface area contributed by atoms with Crippen molar-refractivity contribution in [1.29, 1.82) is 0 Å². The summed E-state index contributed by atoms with van der Waals surface area (Å²) in [5.74, 6) is 0.563. The Morgan fingerprint density at radius 1 is 1.20 bits per heavy atom. The Morgan fingerprint density at radius 3 is 2.30 bits per heavy atom. The molecule has 110 valence electrons. The van der Waals surface area contributed by atoms with Crippen LogP contribution in [0, 0.1) is 13.8 Å². The van der Waals surface area contributed by atoms with Gasteiger partial charge in [0.1, 0.15) is 5.15 Å². The first-order valence-corrected chi connectivity index (χ1v) is 6.68. The molecule has 0 aromatic carbocycles. The molecule has 20 heavy (non-hydrogen) atoms. The summed E-state index contributed by atoms with van der Waals surface area (Å²) in [7, 11) is 5.13. The topological polar surface area (TPSA) is 65.1 Å². The molecule has 2 aromatic rings. The third kappa shape index (κ3) is 2.41. The van der Waals surface area contributed by atoms with E-state index in [1.807, 2.05) is 13.8 Å². The van der Waals surface area contributed by atoms with Crippen molar-refractivity contribution >= 4 is 11.6 Å². The van der Waals surface area contributed by atoms with Gasteiger partial charge in [0, 0.05) is 26.1 Å². The minimum absolute atomic E-state index is 0.376. The number of hydrogen-bond acceptors (Lipinski definition) is 4. The van der Waals surface area contributed by atoms with Gasteiger partial charge in [-0.15, -0.1) is 0 Å². The molecule has 1 atom stereocenters. The molecule has 1 N–H and O–H groups in total. The normalized spacial score (nSPS) is 12.8. The molecule has 0 amide bonds. The summed E-state index contributed by atoms with van der Waals surface area (Å²) in [6.07, 6.45) is -0.361. The van der Waals surface area contributed by atoms with Crippen molar-refractivity contribution in [3.8, 4) is 5.88 Å². The molecule has 2 heterocycles. The van der Waals surface area contributed by atoms with Crippen molar-refractivity contribution in [3.05, 3.63) is 27.7 Å². The Kier molecular flexibility index (Phi) is 4.06. The van der Waals surface area contributed by atoms with Crippen LogP contribution in [0.5, 0.6) is 5.88 Å². The molecule has 0 saturated heterocycles. The summed E-state index contributed by atoms with van der Waals surface area (Å²) >= 11 is 6.20. The first kappa shape index (κ1) is 14.9. The number of ether oxygens (including phenoxy) is 1. The van der Waals surface area contributed by atoms with Gasteiger partial charge in [0.05, 0.1) is 30.2 Å². The van der Waals surface area contributed by atoms with E-state index in [1.54, 1.807) is 30.6 Å². The van der Waals surface area contributed by atoms with E-state index in [-0.39, 0.29) is 0 Å².